The second kappa shape index (κ2) is 10.7. The van der Waals surface area contributed by atoms with Crippen molar-refractivity contribution in [3.05, 3.63) is 11.6 Å². The van der Waals surface area contributed by atoms with E-state index in [1.165, 1.54) is 12.5 Å². The zero-order valence-electron chi connectivity index (χ0n) is 20.6. The Morgan fingerprint density at radius 3 is 2.56 bits per heavy atom. The summed E-state index contributed by atoms with van der Waals surface area (Å²) < 4.78 is 0. The van der Waals surface area contributed by atoms with Gasteiger partial charge in [-0.1, -0.05) is 10.7 Å². The number of hydrogen-bond acceptors (Lipinski definition) is 7. The van der Waals surface area contributed by atoms with Gasteiger partial charge in [-0.3, -0.25) is 14.4 Å². The van der Waals surface area contributed by atoms with Crippen LogP contribution >= 0.6 is 0 Å². The SMILES string of the molecule is CC(=O)C1(O)CCC2C3CCC4=CC(=NOCC(=O)NC(CCC(=O)O)C(=O)O)CCC4C3CCC21. The highest BCUT2D eigenvalue weighted by Gasteiger charge is 2.57. The third-order valence-electron chi connectivity index (χ3n) is 8.99. The molecule has 1 amide bonds. The number of ketones is 1. The Hall–Kier alpha value is -2.75. The van der Waals surface area contributed by atoms with Gasteiger partial charge in [0.25, 0.3) is 5.91 Å². The van der Waals surface area contributed by atoms with Gasteiger partial charge in [0.2, 0.25) is 0 Å². The maximum absolute atomic E-state index is 12.2. The smallest absolute Gasteiger partial charge is 0.326 e. The molecule has 198 valence electrons. The largest absolute Gasteiger partial charge is 0.481 e. The summed E-state index contributed by atoms with van der Waals surface area (Å²) in [5.41, 5.74) is 0.976. The van der Waals surface area contributed by atoms with E-state index in [2.05, 4.69) is 16.5 Å². The minimum atomic E-state index is -1.30. The van der Waals surface area contributed by atoms with Crippen LogP contribution in [0.25, 0.3) is 0 Å². The number of carboxylic acid groups (broad SMARTS) is 2. The summed E-state index contributed by atoms with van der Waals surface area (Å²) in [4.78, 5) is 51.3. The van der Waals surface area contributed by atoms with Gasteiger partial charge in [-0.05, 0) is 100 Å². The molecule has 10 nitrogen and oxygen atoms in total. The second-order valence-corrected chi connectivity index (χ2v) is 10.8. The van der Waals surface area contributed by atoms with E-state index < -0.39 is 36.1 Å². The molecule has 36 heavy (non-hydrogen) atoms. The van der Waals surface area contributed by atoms with Gasteiger partial charge >= 0.3 is 11.9 Å². The third-order valence-corrected chi connectivity index (χ3v) is 8.99. The van der Waals surface area contributed by atoms with Gasteiger partial charge in [0.1, 0.15) is 11.6 Å². The summed E-state index contributed by atoms with van der Waals surface area (Å²) in [6, 6.07) is -1.29. The summed E-state index contributed by atoms with van der Waals surface area (Å²) in [5, 5.41) is 35.2. The van der Waals surface area contributed by atoms with Gasteiger partial charge in [0.05, 0.1) is 5.71 Å². The van der Waals surface area contributed by atoms with Gasteiger partial charge in [-0.15, -0.1) is 0 Å². The molecule has 0 heterocycles. The van der Waals surface area contributed by atoms with Crippen LogP contribution in [0.5, 0.6) is 0 Å². The number of fused-ring (bicyclic) bond motifs is 5. The van der Waals surface area contributed by atoms with Crippen molar-refractivity contribution in [2.75, 3.05) is 6.61 Å². The average Bonchev–Trinajstić information content (AvgIpc) is 3.19. The van der Waals surface area contributed by atoms with E-state index in [0.29, 0.717) is 30.1 Å². The molecule has 4 rings (SSSR count). The molecule has 0 aromatic carbocycles. The van der Waals surface area contributed by atoms with Gasteiger partial charge in [0.15, 0.2) is 12.4 Å². The molecule has 0 aromatic heterocycles. The van der Waals surface area contributed by atoms with E-state index >= 15 is 0 Å². The summed E-state index contributed by atoms with van der Waals surface area (Å²) in [7, 11) is 0. The first-order valence-electron chi connectivity index (χ1n) is 13.0. The molecule has 0 aromatic rings. The van der Waals surface area contributed by atoms with Gasteiger partial charge in [-0.2, -0.15) is 0 Å². The number of Topliss-reactive ketones (excluding diaryl/α,β-unsaturated/α-hetero) is 1. The Labute approximate surface area is 210 Å². The molecule has 0 aliphatic heterocycles. The lowest BCUT2D eigenvalue weighted by Crippen LogP contribution is -2.48. The Bertz CT molecular complexity index is 975. The van der Waals surface area contributed by atoms with Crippen LogP contribution in [0, 0.1) is 29.6 Å². The summed E-state index contributed by atoms with van der Waals surface area (Å²) >= 11 is 0. The number of rotatable bonds is 9. The molecule has 3 fully saturated rings. The predicted octanol–water partition coefficient (Wildman–Crippen LogP) is 2.30. The van der Waals surface area contributed by atoms with E-state index in [1.54, 1.807) is 0 Å². The second-order valence-electron chi connectivity index (χ2n) is 10.8. The van der Waals surface area contributed by atoms with Crippen molar-refractivity contribution in [1.29, 1.82) is 0 Å². The van der Waals surface area contributed by atoms with Crippen LogP contribution in [-0.2, 0) is 24.0 Å². The summed E-state index contributed by atoms with van der Waals surface area (Å²) in [6.07, 6.45) is 8.61. The molecule has 7 unspecified atom stereocenters. The molecular weight excluding hydrogens is 468 g/mol. The summed E-state index contributed by atoms with van der Waals surface area (Å²) in [5.74, 6) is -1.10. The third kappa shape index (κ3) is 5.33. The lowest BCUT2D eigenvalue weighted by atomic mass is 9.55. The molecule has 0 spiro atoms. The van der Waals surface area contributed by atoms with Gasteiger partial charge < -0.3 is 25.5 Å². The fourth-order valence-electron chi connectivity index (χ4n) is 7.33. The molecule has 0 saturated heterocycles. The zero-order chi connectivity index (χ0) is 26.0. The van der Waals surface area contributed by atoms with Crippen LogP contribution in [0.4, 0.5) is 0 Å². The van der Waals surface area contributed by atoms with Crippen molar-refractivity contribution in [3.63, 3.8) is 0 Å². The Morgan fingerprint density at radius 2 is 1.86 bits per heavy atom. The minimum Gasteiger partial charge on any atom is -0.481 e. The van der Waals surface area contributed by atoms with Crippen molar-refractivity contribution < 1.29 is 39.3 Å². The van der Waals surface area contributed by atoms with Crippen LogP contribution in [0.2, 0.25) is 0 Å². The average molecular weight is 505 g/mol. The van der Waals surface area contributed by atoms with Gasteiger partial charge in [-0.25, -0.2) is 4.79 Å². The molecule has 10 heteroatoms. The van der Waals surface area contributed by atoms with E-state index in [4.69, 9.17) is 15.1 Å². The molecule has 4 N–H and O–H groups in total. The first-order chi connectivity index (χ1) is 17.1. The number of amides is 1. The molecule has 7 atom stereocenters. The number of nitrogens with one attached hydrogen (secondary N) is 1. The molecule has 4 aliphatic carbocycles. The molecule has 3 saturated carbocycles. The maximum Gasteiger partial charge on any atom is 0.326 e. The van der Waals surface area contributed by atoms with E-state index in [-0.39, 0.29) is 24.5 Å². The van der Waals surface area contributed by atoms with Crippen molar-refractivity contribution in [3.8, 4) is 0 Å². The Balaban J connectivity index is 1.31. The van der Waals surface area contributed by atoms with Crippen LogP contribution in [0.15, 0.2) is 16.8 Å². The first kappa shape index (κ1) is 26.3. The zero-order valence-corrected chi connectivity index (χ0v) is 20.6. The number of nitrogens with zero attached hydrogens (tertiary/aromatic N) is 1. The van der Waals surface area contributed by atoms with Crippen molar-refractivity contribution in [2.24, 2.45) is 34.7 Å². The van der Waals surface area contributed by atoms with Crippen molar-refractivity contribution in [1.82, 2.24) is 5.32 Å². The molecule has 4 aliphatic rings. The lowest BCUT2D eigenvalue weighted by Gasteiger charge is -2.50. The fraction of sp³-hybridized carbons (Fsp3) is 0.731. The summed E-state index contributed by atoms with van der Waals surface area (Å²) in [6.45, 7) is 1.08. The Kier molecular flexibility index (Phi) is 7.82. The highest BCUT2D eigenvalue weighted by Crippen LogP contribution is 2.59. The van der Waals surface area contributed by atoms with E-state index in [9.17, 15) is 24.3 Å². The topological polar surface area (TPSA) is 163 Å². The number of carboxylic acids is 2. The highest BCUT2D eigenvalue weighted by atomic mass is 16.6. The van der Waals surface area contributed by atoms with Crippen LogP contribution in [0.3, 0.4) is 0 Å². The van der Waals surface area contributed by atoms with Gasteiger partial charge in [0, 0.05) is 6.42 Å². The number of hydrogen-bond donors (Lipinski definition) is 4. The maximum atomic E-state index is 12.2. The molecule has 0 bridgehead atoms. The van der Waals surface area contributed by atoms with E-state index in [0.717, 1.165) is 50.7 Å². The molecule has 0 radical (unpaired) electrons. The number of carbonyl (C=O) groups excluding carboxylic acids is 2. The lowest BCUT2D eigenvalue weighted by molar-refractivity contribution is -0.144. The fourth-order valence-corrected chi connectivity index (χ4v) is 7.33. The van der Waals surface area contributed by atoms with E-state index in [1.807, 2.05) is 0 Å². The monoisotopic (exact) mass is 504 g/mol. The number of oxime groups is 1. The molecular formula is C26H36N2O8. The normalized spacial score (nSPS) is 35.0. The number of carbonyl (C=O) groups is 4. The van der Waals surface area contributed by atoms with Crippen LogP contribution < -0.4 is 5.32 Å². The number of aliphatic hydroxyl groups is 1. The number of aliphatic carboxylic acids is 2. The highest BCUT2D eigenvalue weighted by molar-refractivity contribution is 5.96. The Morgan fingerprint density at radius 1 is 1.08 bits per heavy atom. The van der Waals surface area contributed by atoms with Crippen molar-refractivity contribution in [2.45, 2.75) is 82.8 Å². The minimum absolute atomic E-state index is 0.0872. The van der Waals surface area contributed by atoms with Crippen LogP contribution in [0.1, 0.15) is 71.1 Å². The van der Waals surface area contributed by atoms with Crippen molar-refractivity contribution >= 4 is 29.3 Å². The first-order valence-corrected chi connectivity index (χ1v) is 13.0. The predicted molar refractivity (Wildman–Crippen MR) is 128 cm³/mol. The van der Waals surface area contributed by atoms with Crippen LogP contribution in [-0.4, -0.2) is 62.9 Å². The number of allylic oxidation sites excluding steroid dienone is 2. The quantitative estimate of drug-likeness (QED) is 0.348. The standard InChI is InChI=1S/C26H36N2O8/c1-14(29)26(35)11-10-20-19-4-2-15-12-16(3-5-17(15)18(19)6-7-21(20)26)28-36-13-23(30)27-22(25(33)34)8-9-24(31)32/h12,17-22,35H,2-11,13H2,1H3,(H,27,30)(H,31,32)(H,33,34).